The molecule has 0 aliphatic rings. The molecule has 0 amide bonds. The molecule has 0 saturated carbocycles. The monoisotopic (exact) mass is 339 g/mol. The Morgan fingerprint density at radius 3 is 2.83 bits per heavy atom. The number of hydrogen-bond acceptors (Lipinski definition) is 10. The predicted molar refractivity (Wildman–Crippen MR) is 82.4 cm³/mol. The van der Waals surface area contributed by atoms with Crippen molar-refractivity contribution in [3.63, 3.8) is 0 Å². The molecule has 4 aromatic heterocycles. The van der Waals surface area contributed by atoms with Crippen molar-refractivity contribution in [1.82, 2.24) is 35.3 Å². The maximum absolute atomic E-state index is 5.52. The van der Waals surface area contributed by atoms with E-state index in [2.05, 4.69) is 35.3 Å². The van der Waals surface area contributed by atoms with E-state index < -0.39 is 0 Å². The number of rotatable bonds is 5. The van der Waals surface area contributed by atoms with Crippen LogP contribution in [-0.2, 0) is 5.75 Å². The van der Waals surface area contributed by atoms with E-state index in [0.717, 1.165) is 5.56 Å². The molecule has 0 spiro atoms. The normalized spacial score (nSPS) is 10.8. The molecule has 0 N–H and O–H groups in total. The van der Waals surface area contributed by atoms with Gasteiger partial charge >= 0.3 is 0 Å². The van der Waals surface area contributed by atoms with Gasteiger partial charge in [0.1, 0.15) is 5.69 Å². The van der Waals surface area contributed by atoms with Crippen LogP contribution in [0.1, 0.15) is 5.89 Å². The second-order valence-electron chi connectivity index (χ2n) is 4.51. The van der Waals surface area contributed by atoms with Crippen LogP contribution < -0.4 is 0 Å². The highest BCUT2D eigenvalue weighted by Crippen LogP contribution is 2.24. The van der Waals surface area contributed by atoms with Gasteiger partial charge in [-0.05, 0) is 12.1 Å². The van der Waals surface area contributed by atoms with Crippen molar-refractivity contribution < 1.29 is 8.94 Å². The first-order valence-corrected chi connectivity index (χ1v) is 7.83. The van der Waals surface area contributed by atoms with Gasteiger partial charge in [-0.1, -0.05) is 16.9 Å². The third-order valence-corrected chi connectivity index (χ3v) is 3.70. The van der Waals surface area contributed by atoms with E-state index in [0.29, 0.717) is 34.3 Å². The van der Waals surface area contributed by atoms with Crippen LogP contribution in [0.4, 0.5) is 0 Å². The van der Waals surface area contributed by atoms with Crippen molar-refractivity contribution in [3.05, 3.63) is 49.0 Å². The lowest BCUT2D eigenvalue weighted by molar-refractivity contribution is 0.391. The Kier molecular flexibility index (Phi) is 3.94. The fraction of sp³-hybridized carbons (Fsp3) is 0.0714. The molecule has 0 unspecified atom stereocenters. The Hall–Kier alpha value is -3.14. The summed E-state index contributed by atoms with van der Waals surface area (Å²) in [6, 6.07) is 3.67. The van der Waals surface area contributed by atoms with Gasteiger partial charge in [0.2, 0.25) is 11.7 Å². The molecule has 4 heterocycles. The number of nitrogens with zero attached hydrogens (tertiary/aromatic N) is 7. The molecule has 4 aromatic rings. The smallest absolute Gasteiger partial charge is 0.277 e. The van der Waals surface area contributed by atoms with E-state index in [1.54, 1.807) is 31.0 Å². The van der Waals surface area contributed by atoms with Gasteiger partial charge in [-0.2, -0.15) is 4.98 Å². The third-order valence-electron chi connectivity index (χ3n) is 2.90. The van der Waals surface area contributed by atoms with E-state index in [1.807, 2.05) is 12.1 Å². The maximum Gasteiger partial charge on any atom is 0.277 e. The molecule has 10 heteroatoms. The molecule has 0 atom stereocenters. The number of hydrogen-bond donors (Lipinski definition) is 0. The zero-order chi connectivity index (χ0) is 16.2. The van der Waals surface area contributed by atoms with Crippen molar-refractivity contribution in [1.29, 1.82) is 0 Å². The minimum atomic E-state index is 0.312. The summed E-state index contributed by atoms with van der Waals surface area (Å²) in [6.45, 7) is 0. The third kappa shape index (κ3) is 3.13. The van der Waals surface area contributed by atoms with Crippen LogP contribution in [0.2, 0.25) is 0 Å². The molecule has 9 nitrogen and oxygen atoms in total. The van der Waals surface area contributed by atoms with Gasteiger partial charge in [0.05, 0.1) is 11.9 Å². The van der Waals surface area contributed by atoms with Gasteiger partial charge < -0.3 is 8.94 Å². The van der Waals surface area contributed by atoms with Gasteiger partial charge in [-0.25, -0.2) is 4.98 Å². The van der Waals surface area contributed by atoms with Gasteiger partial charge in [0.25, 0.3) is 11.1 Å². The molecule has 0 aliphatic carbocycles. The van der Waals surface area contributed by atoms with Crippen LogP contribution in [0.25, 0.3) is 23.0 Å². The highest BCUT2D eigenvalue weighted by Gasteiger charge is 2.13. The lowest BCUT2D eigenvalue weighted by Crippen LogP contribution is -1.83. The quantitative estimate of drug-likeness (QED) is 0.501. The van der Waals surface area contributed by atoms with Crippen LogP contribution in [0.15, 0.2) is 57.3 Å². The topological polar surface area (TPSA) is 117 Å². The molecule has 0 bridgehead atoms. The largest absolute Gasteiger partial charge is 0.410 e. The minimum Gasteiger partial charge on any atom is -0.410 e. The molecule has 0 aliphatic heterocycles. The number of pyridine rings is 1. The molecular formula is C14H9N7O2S. The lowest BCUT2D eigenvalue weighted by Gasteiger charge is -1.91. The first-order chi connectivity index (χ1) is 11.9. The van der Waals surface area contributed by atoms with E-state index in [-0.39, 0.29) is 0 Å². The number of thioether (sulfide) groups is 1. The van der Waals surface area contributed by atoms with Crippen molar-refractivity contribution in [2.45, 2.75) is 11.0 Å². The molecule has 0 radical (unpaired) electrons. The van der Waals surface area contributed by atoms with E-state index in [4.69, 9.17) is 8.94 Å². The summed E-state index contributed by atoms with van der Waals surface area (Å²) in [4.78, 5) is 16.4. The standard InChI is InChI=1S/C14H9N7O2S/c1-2-9(6-15-3-1)12-18-11(23-21-12)8-24-14-20-19-13(22-14)10-7-16-4-5-17-10/h1-7H,8H2. The summed E-state index contributed by atoms with van der Waals surface area (Å²) in [5, 5.41) is 12.2. The zero-order valence-corrected chi connectivity index (χ0v) is 12.9. The Bertz CT molecular complexity index is 849. The minimum absolute atomic E-state index is 0.312. The van der Waals surface area contributed by atoms with Gasteiger partial charge in [0.15, 0.2) is 0 Å². The van der Waals surface area contributed by atoms with Gasteiger partial charge in [-0.15, -0.1) is 10.2 Å². The first-order valence-electron chi connectivity index (χ1n) is 6.84. The SMILES string of the molecule is c1cncc(-c2noc(CSc3nnc(-c4cnccn4)o3)n2)c1. The second-order valence-corrected chi connectivity index (χ2v) is 5.43. The van der Waals surface area contributed by atoms with Crippen LogP contribution >= 0.6 is 11.8 Å². The summed E-state index contributed by atoms with van der Waals surface area (Å²) >= 11 is 1.30. The highest BCUT2D eigenvalue weighted by molar-refractivity contribution is 7.98. The summed E-state index contributed by atoms with van der Waals surface area (Å²) in [7, 11) is 0. The lowest BCUT2D eigenvalue weighted by atomic mass is 10.3. The fourth-order valence-electron chi connectivity index (χ4n) is 1.83. The maximum atomic E-state index is 5.52. The summed E-state index contributed by atoms with van der Waals surface area (Å²) < 4.78 is 10.7. The Morgan fingerprint density at radius 2 is 2.00 bits per heavy atom. The average molecular weight is 339 g/mol. The summed E-state index contributed by atoms with van der Waals surface area (Å²) in [5.41, 5.74) is 1.31. The fourth-order valence-corrected chi connectivity index (χ4v) is 2.43. The number of aromatic nitrogens is 7. The summed E-state index contributed by atoms with van der Waals surface area (Å²) in [5.74, 6) is 1.67. The zero-order valence-electron chi connectivity index (χ0n) is 12.1. The molecule has 0 saturated heterocycles. The Labute approximate surface area is 139 Å². The van der Waals surface area contributed by atoms with Crippen molar-refractivity contribution in [2.75, 3.05) is 0 Å². The van der Waals surface area contributed by atoms with Crippen molar-refractivity contribution in [3.8, 4) is 23.0 Å². The van der Waals surface area contributed by atoms with E-state index in [9.17, 15) is 0 Å². The molecule has 118 valence electrons. The van der Waals surface area contributed by atoms with E-state index in [1.165, 1.54) is 11.8 Å². The molecule has 4 rings (SSSR count). The molecule has 24 heavy (non-hydrogen) atoms. The molecule has 0 aromatic carbocycles. The van der Waals surface area contributed by atoms with Gasteiger partial charge in [0, 0.05) is 30.4 Å². The first kappa shape index (κ1) is 14.5. The predicted octanol–water partition coefficient (Wildman–Crippen LogP) is 2.26. The second kappa shape index (κ2) is 6.54. The van der Waals surface area contributed by atoms with Crippen LogP contribution in [-0.4, -0.2) is 35.3 Å². The van der Waals surface area contributed by atoms with Crippen molar-refractivity contribution >= 4 is 11.8 Å². The summed E-state index contributed by atoms with van der Waals surface area (Å²) in [6.07, 6.45) is 8.05. The van der Waals surface area contributed by atoms with E-state index >= 15 is 0 Å². The Morgan fingerprint density at radius 1 is 1.04 bits per heavy atom. The average Bonchev–Trinajstić information content (AvgIpc) is 3.31. The van der Waals surface area contributed by atoms with Crippen LogP contribution in [0.3, 0.4) is 0 Å². The highest BCUT2D eigenvalue weighted by atomic mass is 32.2. The van der Waals surface area contributed by atoms with Crippen LogP contribution in [0, 0.1) is 0 Å². The van der Waals surface area contributed by atoms with Crippen molar-refractivity contribution in [2.24, 2.45) is 0 Å². The Balaban J connectivity index is 1.43. The molecular weight excluding hydrogens is 330 g/mol. The van der Waals surface area contributed by atoms with Crippen LogP contribution in [0.5, 0.6) is 0 Å². The van der Waals surface area contributed by atoms with Gasteiger partial charge in [-0.3, -0.25) is 9.97 Å². The molecule has 0 fully saturated rings.